The average Bonchev–Trinajstić information content (AvgIpc) is 3.32. The van der Waals surface area contributed by atoms with Crippen LogP contribution in [0.4, 0.5) is 5.13 Å². The smallest absolute Gasteiger partial charge is 0.236 e. The first kappa shape index (κ1) is 20.9. The van der Waals surface area contributed by atoms with Crippen molar-refractivity contribution in [2.24, 2.45) is 0 Å². The Labute approximate surface area is 177 Å². The molecule has 0 radical (unpaired) electrons. The van der Waals surface area contributed by atoms with E-state index in [-0.39, 0.29) is 11.7 Å². The highest BCUT2D eigenvalue weighted by Crippen LogP contribution is 2.33. The van der Waals surface area contributed by atoms with Crippen LogP contribution in [-0.2, 0) is 11.3 Å². The number of carbonyl (C=O) groups excluding carboxylic acids is 1. The SMILES string of the molecule is C=CCn1c(SCC(=O)Nc2nc(C)cs2)nnc1-c1ccc(OC)c(OC)c1. The number of allylic oxidation sites excluding steroid dienone is 1. The maximum absolute atomic E-state index is 12.2. The van der Waals surface area contributed by atoms with Crippen LogP contribution in [0.5, 0.6) is 11.5 Å². The van der Waals surface area contributed by atoms with Gasteiger partial charge in [0.2, 0.25) is 5.91 Å². The molecular formula is C19H21N5O3S2. The summed E-state index contributed by atoms with van der Waals surface area (Å²) in [5.74, 6) is 1.94. The van der Waals surface area contributed by atoms with E-state index in [0.29, 0.717) is 34.2 Å². The zero-order valence-corrected chi connectivity index (χ0v) is 18.0. The van der Waals surface area contributed by atoms with Crippen LogP contribution < -0.4 is 14.8 Å². The van der Waals surface area contributed by atoms with Crippen LogP contribution in [-0.4, -0.2) is 45.6 Å². The molecule has 0 aliphatic heterocycles. The third-order valence-corrected chi connectivity index (χ3v) is 5.71. The van der Waals surface area contributed by atoms with E-state index in [1.54, 1.807) is 20.3 Å². The molecule has 3 rings (SSSR count). The summed E-state index contributed by atoms with van der Waals surface area (Å²) in [7, 11) is 3.17. The molecule has 1 N–H and O–H groups in total. The predicted octanol–water partition coefficient (Wildman–Crippen LogP) is 3.64. The Morgan fingerprint density at radius 3 is 2.76 bits per heavy atom. The maximum atomic E-state index is 12.2. The Morgan fingerprint density at radius 1 is 1.31 bits per heavy atom. The fourth-order valence-electron chi connectivity index (χ4n) is 2.57. The zero-order chi connectivity index (χ0) is 20.8. The Kier molecular flexibility index (Phi) is 6.89. The van der Waals surface area contributed by atoms with Crippen molar-refractivity contribution in [2.75, 3.05) is 25.3 Å². The average molecular weight is 432 g/mol. The minimum absolute atomic E-state index is 0.148. The summed E-state index contributed by atoms with van der Waals surface area (Å²) in [6, 6.07) is 5.54. The van der Waals surface area contributed by atoms with Gasteiger partial charge in [-0.3, -0.25) is 9.36 Å². The van der Waals surface area contributed by atoms with Crippen LogP contribution in [0.2, 0.25) is 0 Å². The molecule has 3 aromatic rings. The second kappa shape index (κ2) is 9.57. The zero-order valence-electron chi connectivity index (χ0n) is 16.3. The fourth-order valence-corrected chi connectivity index (χ4v) is 4.03. The molecule has 0 aliphatic rings. The molecule has 0 bridgehead atoms. The third-order valence-electron chi connectivity index (χ3n) is 3.87. The number of ether oxygens (including phenoxy) is 2. The van der Waals surface area contributed by atoms with Crippen LogP contribution >= 0.6 is 23.1 Å². The van der Waals surface area contributed by atoms with Crippen molar-refractivity contribution >= 4 is 34.1 Å². The molecule has 152 valence electrons. The summed E-state index contributed by atoms with van der Waals surface area (Å²) in [6.07, 6.45) is 1.76. The van der Waals surface area contributed by atoms with E-state index >= 15 is 0 Å². The first-order chi connectivity index (χ1) is 14.0. The number of hydrogen-bond acceptors (Lipinski definition) is 8. The molecule has 29 heavy (non-hydrogen) atoms. The first-order valence-corrected chi connectivity index (χ1v) is 10.5. The van der Waals surface area contributed by atoms with E-state index < -0.39 is 0 Å². The third kappa shape index (κ3) is 4.96. The van der Waals surface area contributed by atoms with Gasteiger partial charge in [0.25, 0.3) is 0 Å². The number of nitrogens with one attached hydrogen (secondary N) is 1. The Morgan fingerprint density at radius 2 is 2.10 bits per heavy atom. The van der Waals surface area contributed by atoms with Gasteiger partial charge < -0.3 is 14.8 Å². The van der Waals surface area contributed by atoms with Gasteiger partial charge in [-0.05, 0) is 25.1 Å². The Balaban J connectivity index is 1.78. The van der Waals surface area contributed by atoms with E-state index in [9.17, 15) is 4.79 Å². The van der Waals surface area contributed by atoms with Crippen molar-refractivity contribution < 1.29 is 14.3 Å². The molecule has 1 amide bonds. The van der Waals surface area contributed by atoms with Crippen molar-refractivity contribution in [1.29, 1.82) is 0 Å². The lowest BCUT2D eigenvalue weighted by Crippen LogP contribution is -2.14. The van der Waals surface area contributed by atoms with E-state index in [1.165, 1.54) is 23.1 Å². The minimum Gasteiger partial charge on any atom is -0.493 e. The summed E-state index contributed by atoms with van der Waals surface area (Å²) in [5.41, 5.74) is 1.70. The number of benzene rings is 1. The minimum atomic E-state index is -0.148. The Hall–Kier alpha value is -2.85. The van der Waals surface area contributed by atoms with Crippen molar-refractivity contribution in [1.82, 2.24) is 19.7 Å². The van der Waals surface area contributed by atoms with Gasteiger partial charge in [0.05, 0.1) is 25.7 Å². The highest BCUT2D eigenvalue weighted by molar-refractivity contribution is 7.99. The molecule has 1 aromatic carbocycles. The predicted molar refractivity (Wildman–Crippen MR) is 115 cm³/mol. The summed E-state index contributed by atoms with van der Waals surface area (Å²) < 4.78 is 12.6. The lowest BCUT2D eigenvalue weighted by atomic mass is 10.2. The fraction of sp³-hybridized carbons (Fsp3) is 0.263. The monoisotopic (exact) mass is 431 g/mol. The Bertz CT molecular complexity index is 1020. The molecule has 0 fully saturated rings. The molecule has 0 saturated heterocycles. The highest BCUT2D eigenvalue weighted by atomic mass is 32.2. The molecule has 0 unspecified atom stereocenters. The molecule has 0 aliphatic carbocycles. The molecule has 0 saturated carbocycles. The number of thiazole rings is 1. The molecule has 10 heteroatoms. The lowest BCUT2D eigenvalue weighted by Gasteiger charge is -2.11. The number of aryl methyl sites for hydroxylation is 1. The molecule has 2 heterocycles. The molecule has 0 spiro atoms. The van der Waals surface area contributed by atoms with E-state index in [2.05, 4.69) is 27.1 Å². The number of anilines is 1. The number of carbonyl (C=O) groups is 1. The van der Waals surface area contributed by atoms with Crippen LogP contribution in [0.15, 0.2) is 41.4 Å². The lowest BCUT2D eigenvalue weighted by molar-refractivity contribution is -0.113. The van der Waals surface area contributed by atoms with Crippen molar-refractivity contribution in [3.05, 3.63) is 41.9 Å². The van der Waals surface area contributed by atoms with E-state index in [4.69, 9.17) is 9.47 Å². The largest absolute Gasteiger partial charge is 0.493 e. The van der Waals surface area contributed by atoms with Gasteiger partial charge in [-0.1, -0.05) is 17.8 Å². The van der Waals surface area contributed by atoms with Crippen molar-refractivity contribution in [3.8, 4) is 22.9 Å². The summed E-state index contributed by atoms with van der Waals surface area (Å²) in [6.45, 7) is 6.20. The van der Waals surface area contributed by atoms with Gasteiger partial charge >= 0.3 is 0 Å². The standard InChI is InChI=1S/C19H21N5O3S2/c1-5-8-24-17(13-6-7-14(26-3)15(9-13)27-4)22-23-19(24)29-11-16(25)21-18-20-12(2)10-28-18/h5-7,9-10H,1,8,11H2,2-4H3,(H,20,21,25). The molecule has 2 aromatic heterocycles. The number of nitrogens with zero attached hydrogens (tertiary/aromatic N) is 4. The van der Waals surface area contributed by atoms with Gasteiger partial charge in [-0.25, -0.2) is 4.98 Å². The topological polar surface area (TPSA) is 91.2 Å². The van der Waals surface area contributed by atoms with Crippen LogP contribution in [0.3, 0.4) is 0 Å². The van der Waals surface area contributed by atoms with Gasteiger partial charge in [-0.15, -0.1) is 28.1 Å². The van der Waals surface area contributed by atoms with Gasteiger partial charge in [0.15, 0.2) is 27.6 Å². The van der Waals surface area contributed by atoms with E-state index in [0.717, 1.165) is 11.3 Å². The van der Waals surface area contributed by atoms with Crippen molar-refractivity contribution in [3.63, 3.8) is 0 Å². The number of hydrogen-bond donors (Lipinski definition) is 1. The van der Waals surface area contributed by atoms with Crippen molar-refractivity contribution in [2.45, 2.75) is 18.6 Å². The second-order valence-corrected chi connectivity index (χ2v) is 7.71. The van der Waals surface area contributed by atoms with E-state index in [1.807, 2.05) is 35.1 Å². The number of aromatic nitrogens is 4. The number of methoxy groups -OCH3 is 2. The van der Waals surface area contributed by atoms with Gasteiger partial charge in [0, 0.05) is 17.5 Å². The number of rotatable bonds is 9. The molecular weight excluding hydrogens is 410 g/mol. The van der Waals surface area contributed by atoms with Gasteiger partial charge in [0.1, 0.15) is 0 Å². The molecule has 8 nitrogen and oxygen atoms in total. The van der Waals surface area contributed by atoms with Crippen LogP contribution in [0.25, 0.3) is 11.4 Å². The summed E-state index contributed by atoms with van der Waals surface area (Å²) in [5, 5.41) is 14.5. The second-order valence-electron chi connectivity index (χ2n) is 5.91. The molecule has 0 atom stereocenters. The number of thioether (sulfide) groups is 1. The normalized spacial score (nSPS) is 10.6. The van der Waals surface area contributed by atoms with Crippen LogP contribution in [0, 0.1) is 6.92 Å². The van der Waals surface area contributed by atoms with Gasteiger partial charge in [-0.2, -0.15) is 0 Å². The highest BCUT2D eigenvalue weighted by Gasteiger charge is 2.17. The summed E-state index contributed by atoms with van der Waals surface area (Å²) in [4.78, 5) is 16.5. The summed E-state index contributed by atoms with van der Waals surface area (Å²) >= 11 is 2.70. The quantitative estimate of drug-likeness (QED) is 0.408. The first-order valence-electron chi connectivity index (χ1n) is 8.67. The maximum Gasteiger partial charge on any atom is 0.236 e. The number of amides is 1. The van der Waals surface area contributed by atoms with Crippen LogP contribution in [0.1, 0.15) is 5.69 Å².